The SMILES string of the molecule is O=S(=O)(c1ccccc1)n1cccc1CN1CCc2nc(C3CCCCC3)ncc2C1. The molecule has 31 heavy (non-hydrogen) atoms. The normalized spacial score (nSPS) is 18.1. The highest BCUT2D eigenvalue weighted by atomic mass is 32.2. The highest BCUT2D eigenvalue weighted by Gasteiger charge is 2.25. The molecule has 0 bridgehead atoms. The highest BCUT2D eigenvalue weighted by Crippen LogP contribution is 2.31. The van der Waals surface area contributed by atoms with E-state index < -0.39 is 10.0 Å². The van der Waals surface area contributed by atoms with Crippen molar-refractivity contribution in [3.63, 3.8) is 0 Å². The molecule has 3 heterocycles. The lowest BCUT2D eigenvalue weighted by Crippen LogP contribution is -2.32. The second-order valence-electron chi connectivity index (χ2n) is 8.61. The fourth-order valence-corrected chi connectivity index (χ4v) is 6.16. The van der Waals surface area contributed by atoms with Crippen LogP contribution in [0, 0.1) is 0 Å². The standard InChI is InChI=1S/C24H28N4O2S/c29-31(30,22-11-5-2-6-12-22)28-14-7-10-21(28)18-27-15-13-23-20(17-27)16-25-24(26-23)19-8-3-1-4-9-19/h2,5-7,10-12,14,16,19H,1,3-4,8-9,13,15,17-18H2. The molecule has 2 aliphatic rings. The zero-order chi connectivity index (χ0) is 21.3. The third kappa shape index (κ3) is 4.16. The lowest BCUT2D eigenvalue weighted by molar-refractivity contribution is 0.239. The van der Waals surface area contributed by atoms with Crippen molar-refractivity contribution in [1.82, 2.24) is 18.8 Å². The average molecular weight is 437 g/mol. The molecule has 0 unspecified atom stereocenters. The van der Waals surface area contributed by atoms with Crippen molar-refractivity contribution in [3.8, 4) is 0 Å². The van der Waals surface area contributed by atoms with Crippen LogP contribution in [0.4, 0.5) is 0 Å². The molecule has 1 aliphatic carbocycles. The van der Waals surface area contributed by atoms with Crippen LogP contribution in [0.25, 0.3) is 0 Å². The first kappa shape index (κ1) is 20.4. The first-order valence-electron chi connectivity index (χ1n) is 11.2. The van der Waals surface area contributed by atoms with E-state index in [1.54, 1.807) is 36.5 Å². The molecule has 1 aliphatic heterocycles. The molecule has 6 nitrogen and oxygen atoms in total. The van der Waals surface area contributed by atoms with Crippen molar-refractivity contribution in [3.05, 3.63) is 77.6 Å². The molecule has 3 aromatic rings. The summed E-state index contributed by atoms with van der Waals surface area (Å²) >= 11 is 0. The Bertz CT molecular complexity index is 1150. The predicted octanol–water partition coefficient (Wildman–Crippen LogP) is 4.12. The molecule has 0 N–H and O–H groups in total. The summed E-state index contributed by atoms with van der Waals surface area (Å²) in [5.74, 6) is 1.54. The van der Waals surface area contributed by atoms with Gasteiger partial charge in [0.15, 0.2) is 0 Å². The van der Waals surface area contributed by atoms with Gasteiger partial charge >= 0.3 is 0 Å². The summed E-state index contributed by atoms with van der Waals surface area (Å²) in [5.41, 5.74) is 3.10. The molecule has 1 aromatic carbocycles. The van der Waals surface area contributed by atoms with E-state index in [-0.39, 0.29) is 0 Å². The minimum absolute atomic E-state index is 0.306. The van der Waals surface area contributed by atoms with Crippen LogP contribution in [0.5, 0.6) is 0 Å². The summed E-state index contributed by atoms with van der Waals surface area (Å²) in [6, 6.07) is 12.3. The van der Waals surface area contributed by atoms with Crippen molar-refractivity contribution in [1.29, 1.82) is 0 Å². The van der Waals surface area contributed by atoms with Crippen LogP contribution in [0.15, 0.2) is 59.8 Å². The minimum atomic E-state index is -3.59. The van der Waals surface area contributed by atoms with Gasteiger partial charge in [-0.05, 0) is 37.1 Å². The predicted molar refractivity (Wildman–Crippen MR) is 119 cm³/mol. The monoisotopic (exact) mass is 436 g/mol. The fourth-order valence-electron chi connectivity index (χ4n) is 4.78. The van der Waals surface area contributed by atoms with E-state index in [4.69, 9.17) is 9.97 Å². The van der Waals surface area contributed by atoms with Gasteiger partial charge in [-0.25, -0.2) is 22.4 Å². The van der Waals surface area contributed by atoms with Crippen molar-refractivity contribution >= 4 is 10.0 Å². The van der Waals surface area contributed by atoms with Crippen LogP contribution in [-0.4, -0.2) is 33.8 Å². The molecule has 0 atom stereocenters. The van der Waals surface area contributed by atoms with Gasteiger partial charge in [0.05, 0.1) is 4.90 Å². The Morgan fingerprint density at radius 3 is 2.61 bits per heavy atom. The van der Waals surface area contributed by atoms with E-state index in [0.717, 1.165) is 36.6 Å². The van der Waals surface area contributed by atoms with Gasteiger partial charge < -0.3 is 0 Å². The van der Waals surface area contributed by atoms with E-state index in [1.807, 2.05) is 18.3 Å². The van der Waals surface area contributed by atoms with E-state index in [0.29, 0.717) is 17.4 Å². The first-order valence-corrected chi connectivity index (χ1v) is 12.6. The fraction of sp³-hybridized carbons (Fsp3) is 0.417. The van der Waals surface area contributed by atoms with E-state index in [2.05, 4.69) is 4.90 Å². The van der Waals surface area contributed by atoms with E-state index in [1.165, 1.54) is 41.8 Å². The van der Waals surface area contributed by atoms with Gasteiger partial charge in [0.25, 0.3) is 10.0 Å². The largest absolute Gasteiger partial charge is 0.293 e. The van der Waals surface area contributed by atoms with Gasteiger partial charge in [0.2, 0.25) is 0 Å². The Morgan fingerprint density at radius 1 is 1.00 bits per heavy atom. The first-order chi connectivity index (χ1) is 15.1. The summed E-state index contributed by atoms with van der Waals surface area (Å²) in [6.45, 7) is 2.18. The Kier molecular flexibility index (Phi) is 5.63. The summed E-state index contributed by atoms with van der Waals surface area (Å²) in [6.07, 6.45) is 10.8. The molecular formula is C24H28N4O2S. The Balaban J connectivity index is 1.32. The maximum atomic E-state index is 13.1. The molecular weight excluding hydrogens is 408 g/mol. The van der Waals surface area contributed by atoms with Gasteiger partial charge in [0, 0.05) is 61.3 Å². The minimum Gasteiger partial charge on any atom is -0.293 e. The van der Waals surface area contributed by atoms with Gasteiger partial charge in [-0.3, -0.25) is 4.90 Å². The van der Waals surface area contributed by atoms with Crippen LogP contribution >= 0.6 is 0 Å². The van der Waals surface area contributed by atoms with Crippen molar-refractivity contribution in [2.75, 3.05) is 6.54 Å². The number of fused-ring (bicyclic) bond motifs is 1. The molecule has 7 heteroatoms. The number of nitrogens with zero attached hydrogens (tertiary/aromatic N) is 4. The Hall–Kier alpha value is -2.51. The van der Waals surface area contributed by atoms with Crippen molar-refractivity contribution < 1.29 is 8.42 Å². The smallest absolute Gasteiger partial charge is 0.267 e. The molecule has 5 rings (SSSR count). The van der Waals surface area contributed by atoms with Gasteiger partial charge in [0.1, 0.15) is 5.82 Å². The third-order valence-electron chi connectivity index (χ3n) is 6.48. The molecule has 0 amide bonds. The van der Waals surface area contributed by atoms with Crippen LogP contribution in [0.3, 0.4) is 0 Å². The second kappa shape index (κ2) is 8.55. The second-order valence-corrected chi connectivity index (χ2v) is 10.4. The van der Waals surface area contributed by atoms with Crippen LogP contribution < -0.4 is 0 Å². The van der Waals surface area contributed by atoms with Crippen molar-refractivity contribution in [2.24, 2.45) is 0 Å². The number of benzene rings is 1. The van der Waals surface area contributed by atoms with E-state index in [9.17, 15) is 8.42 Å². The number of rotatable bonds is 5. The third-order valence-corrected chi connectivity index (χ3v) is 8.22. The molecule has 0 spiro atoms. The number of hydrogen-bond donors (Lipinski definition) is 0. The molecule has 1 saturated carbocycles. The maximum Gasteiger partial charge on any atom is 0.267 e. The van der Waals surface area contributed by atoms with Gasteiger partial charge in [-0.1, -0.05) is 37.5 Å². The Labute approximate surface area is 184 Å². The Morgan fingerprint density at radius 2 is 1.81 bits per heavy atom. The van der Waals surface area contributed by atoms with Gasteiger partial charge in [-0.15, -0.1) is 0 Å². The van der Waals surface area contributed by atoms with Crippen LogP contribution in [-0.2, 0) is 29.5 Å². The zero-order valence-corrected chi connectivity index (χ0v) is 18.5. The topological polar surface area (TPSA) is 68.1 Å². The summed E-state index contributed by atoms with van der Waals surface area (Å²) in [5, 5.41) is 0. The summed E-state index contributed by atoms with van der Waals surface area (Å²) in [7, 11) is -3.59. The molecule has 1 fully saturated rings. The molecule has 0 saturated heterocycles. The molecule has 162 valence electrons. The number of hydrogen-bond acceptors (Lipinski definition) is 5. The van der Waals surface area contributed by atoms with E-state index >= 15 is 0 Å². The molecule has 2 aromatic heterocycles. The maximum absolute atomic E-state index is 13.1. The van der Waals surface area contributed by atoms with Crippen LogP contribution in [0.2, 0.25) is 0 Å². The quantitative estimate of drug-likeness (QED) is 0.602. The van der Waals surface area contributed by atoms with Gasteiger partial charge in [-0.2, -0.15) is 0 Å². The number of aromatic nitrogens is 3. The lowest BCUT2D eigenvalue weighted by Gasteiger charge is -2.29. The average Bonchev–Trinajstić information content (AvgIpc) is 3.29. The van der Waals surface area contributed by atoms with Crippen LogP contribution in [0.1, 0.15) is 60.8 Å². The lowest BCUT2D eigenvalue weighted by atomic mass is 9.88. The summed E-state index contributed by atoms with van der Waals surface area (Å²) in [4.78, 5) is 12.2. The van der Waals surface area contributed by atoms with Crippen molar-refractivity contribution in [2.45, 2.75) is 62.4 Å². The highest BCUT2D eigenvalue weighted by molar-refractivity contribution is 7.90. The molecule has 0 radical (unpaired) electrons. The summed E-state index contributed by atoms with van der Waals surface area (Å²) < 4.78 is 27.5. The zero-order valence-electron chi connectivity index (χ0n) is 17.7.